The van der Waals surface area contributed by atoms with Crippen LogP contribution >= 0.6 is 23.2 Å². The van der Waals surface area contributed by atoms with E-state index in [4.69, 9.17) is 27.9 Å². The lowest BCUT2D eigenvalue weighted by molar-refractivity contribution is 0.0454. The van der Waals surface area contributed by atoms with E-state index >= 15 is 0 Å². The number of nitrogens with zero attached hydrogens (tertiary/aromatic N) is 6. The largest absolute Gasteiger partial charge is 0.453 e. The standard InChI is InChI=1S/C15H10Cl2N6O2/c1-8-2-3-18-15-20-12(21-23(8)15)14(24)25-7-10-6-22-5-9(16)4-11(17)13(22)19-10/h2-6H,7H2,1H3. The van der Waals surface area contributed by atoms with Crippen LogP contribution in [0.5, 0.6) is 0 Å². The van der Waals surface area contributed by atoms with Crippen LogP contribution in [0.15, 0.2) is 30.7 Å². The minimum atomic E-state index is -0.661. The van der Waals surface area contributed by atoms with Gasteiger partial charge in [0.1, 0.15) is 6.61 Å². The topological polar surface area (TPSA) is 86.7 Å². The molecule has 0 saturated carbocycles. The molecule has 0 amide bonds. The van der Waals surface area contributed by atoms with Crippen LogP contribution in [0.25, 0.3) is 11.4 Å². The van der Waals surface area contributed by atoms with Gasteiger partial charge in [0, 0.05) is 24.3 Å². The molecule has 0 saturated heterocycles. The molecular weight excluding hydrogens is 367 g/mol. The highest BCUT2D eigenvalue weighted by atomic mass is 35.5. The van der Waals surface area contributed by atoms with Gasteiger partial charge in [0.15, 0.2) is 5.65 Å². The molecule has 4 aromatic heterocycles. The van der Waals surface area contributed by atoms with Crippen LogP contribution in [0.2, 0.25) is 10.0 Å². The fourth-order valence-electron chi connectivity index (χ4n) is 2.34. The maximum absolute atomic E-state index is 12.2. The Morgan fingerprint density at radius 2 is 2.12 bits per heavy atom. The minimum absolute atomic E-state index is 0.0452. The van der Waals surface area contributed by atoms with Crippen molar-refractivity contribution in [3.63, 3.8) is 0 Å². The van der Waals surface area contributed by atoms with Gasteiger partial charge in [-0.3, -0.25) is 0 Å². The van der Waals surface area contributed by atoms with Gasteiger partial charge in [-0.25, -0.2) is 19.3 Å². The molecule has 4 rings (SSSR count). The van der Waals surface area contributed by atoms with Crippen molar-refractivity contribution in [1.29, 1.82) is 0 Å². The molecule has 0 N–H and O–H groups in total. The molecule has 0 fully saturated rings. The molecule has 4 heterocycles. The first-order valence-corrected chi connectivity index (χ1v) is 7.95. The van der Waals surface area contributed by atoms with Crippen molar-refractivity contribution >= 4 is 40.6 Å². The van der Waals surface area contributed by atoms with E-state index in [0.717, 1.165) is 5.69 Å². The normalized spacial score (nSPS) is 11.3. The summed E-state index contributed by atoms with van der Waals surface area (Å²) in [6.45, 7) is 1.79. The van der Waals surface area contributed by atoms with Crippen LogP contribution in [0.3, 0.4) is 0 Å². The summed E-state index contributed by atoms with van der Waals surface area (Å²) in [4.78, 5) is 24.6. The summed E-state index contributed by atoms with van der Waals surface area (Å²) < 4.78 is 8.37. The van der Waals surface area contributed by atoms with Gasteiger partial charge in [0.25, 0.3) is 11.6 Å². The minimum Gasteiger partial charge on any atom is -0.453 e. The van der Waals surface area contributed by atoms with E-state index in [9.17, 15) is 4.79 Å². The number of aromatic nitrogens is 6. The van der Waals surface area contributed by atoms with Crippen molar-refractivity contribution in [2.24, 2.45) is 0 Å². The van der Waals surface area contributed by atoms with Crippen molar-refractivity contribution in [3.05, 3.63) is 58.0 Å². The highest BCUT2D eigenvalue weighted by molar-refractivity contribution is 6.36. The van der Waals surface area contributed by atoms with Gasteiger partial charge in [0.05, 0.1) is 15.7 Å². The van der Waals surface area contributed by atoms with Gasteiger partial charge in [-0.1, -0.05) is 23.2 Å². The summed E-state index contributed by atoms with van der Waals surface area (Å²) in [7, 11) is 0. The van der Waals surface area contributed by atoms with Crippen LogP contribution in [0.4, 0.5) is 0 Å². The summed E-state index contributed by atoms with van der Waals surface area (Å²) in [5.41, 5.74) is 1.86. The van der Waals surface area contributed by atoms with Crippen LogP contribution in [-0.2, 0) is 11.3 Å². The Bertz CT molecular complexity index is 1120. The van der Waals surface area contributed by atoms with E-state index in [1.54, 1.807) is 35.1 Å². The van der Waals surface area contributed by atoms with E-state index in [2.05, 4.69) is 20.1 Å². The van der Waals surface area contributed by atoms with E-state index in [1.165, 1.54) is 4.52 Å². The number of rotatable bonds is 3. The van der Waals surface area contributed by atoms with Crippen molar-refractivity contribution in [2.75, 3.05) is 0 Å². The van der Waals surface area contributed by atoms with Crippen molar-refractivity contribution in [2.45, 2.75) is 13.5 Å². The van der Waals surface area contributed by atoms with Crippen molar-refractivity contribution in [1.82, 2.24) is 29.0 Å². The third-order valence-corrected chi connectivity index (χ3v) is 3.97. The third kappa shape index (κ3) is 2.90. The molecule has 8 nitrogen and oxygen atoms in total. The second-order valence-corrected chi connectivity index (χ2v) is 6.12. The molecule has 0 bridgehead atoms. The maximum atomic E-state index is 12.2. The van der Waals surface area contributed by atoms with Crippen LogP contribution in [-0.4, -0.2) is 34.9 Å². The fourth-order valence-corrected chi connectivity index (χ4v) is 2.87. The summed E-state index contributed by atoms with van der Waals surface area (Å²) in [6.07, 6.45) is 4.95. The molecule has 0 radical (unpaired) electrons. The number of esters is 1. The molecule has 0 unspecified atom stereocenters. The smallest absolute Gasteiger partial charge is 0.378 e. The van der Waals surface area contributed by atoms with Gasteiger partial charge in [0.2, 0.25) is 0 Å². The first-order valence-electron chi connectivity index (χ1n) is 7.19. The lowest BCUT2D eigenvalue weighted by Gasteiger charge is -1.98. The lowest BCUT2D eigenvalue weighted by atomic mass is 10.5. The Morgan fingerprint density at radius 3 is 2.92 bits per heavy atom. The molecule has 0 spiro atoms. The summed E-state index contributed by atoms with van der Waals surface area (Å²) >= 11 is 12.0. The van der Waals surface area contributed by atoms with Gasteiger partial charge in [-0.05, 0) is 19.1 Å². The molecule has 10 heteroatoms. The van der Waals surface area contributed by atoms with E-state index in [0.29, 0.717) is 27.2 Å². The van der Waals surface area contributed by atoms with Gasteiger partial charge < -0.3 is 9.14 Å². The number of fused-ring (bicyclic) bond motifs is 2. The zero-order valence-electron chi connectivity index (χ0n) is 12.8. The average Bonchev–Trinajstić information content (AvgIpc) is 3.17. The molecule has 0 aromatic carbocycles. The molecule has 0 atom stereocenters. The second-order valence-electron chi connectivity index (χ2n) is 5.28. The number of imidazole rings is 1. The number of pyridine rings is 1. The average molecular weight is 377 g/mol. The number of aryl methyl sites for hydroxylation is 1. The van der Waals surface area contributed by atoms with Crippen LogP contribution in [0, 0.1) is 6.92 Å². The van der Waals surface area contributed by atoms with Gasteiger partial charge in [-0.2, -0.15) is 4.98 Å². The second kappa shape index (κ2) is 5.98. The Labute approximate surface area is 151 Å². The Morgan fingerprint density at radius 1 is 1.28 bits per heavy atom. The van der Waals surface area contributed by atoms with Crippen LogP contribution < -0.4 is 0 Å². The number of ether oxygens (including phenoxy) is 1. The SMILES string of the molecule is Cc1ccnc2nc(C(=O)OCc3cn4cc(Cl)cc(Cl)c4n3)nn12. The third-order valence-electron chi connectivity index (χ3n) is 3.49. The number of hydrogen-bond donors (Lipinski definition) is 0. The number of hydrogen-bond acceptors (Lipinski definition) is 6. The first kappa shape index (κ1) is 15.8. The zero-order chi connectivity index (χ0) is 17.6. The molecule has 25 heavy (non-hydrogen) atoms. The van der Waals surface area contributed by atoms with Crippen molar-refractivity contribution < 1.29 is 9.53 Å². The Hall–Kier alpha value is -2.71. The molecule has 126 valence electrons. The fraction of sp³-hybridized carbons (Fsp3) is 0.133. The molecular formula is C15H10Cl2N6O2. The highest BCUT2D eigenvalue weighted by Gasteiger charge is 2.17. The number of carbonyl (C=O) groups excluding carboxylic acids is 1. The molecule has 0 aliphatic heterocycles. The number of carbonyl (C=O) groups is 1. The summed E-state index contributed by atoms with van der Waals surface area (Å²) in [5.74, 6) is -0.390. The predicted octanol–water partition coefficient (Wildman–Crippen LogP) is 2.74. The predicted molar refractivity (Wildman–Crippen MR) is 89.9 cm³/mol. The lowest BCUT2D eigenvalue weighted by Crippen LogP contribution is -2.08. The number of halogens is 2. The Balaban J connectivity index is 1.55. The quantitative estimate of drug-likeness (QED) is 0.511. The van der Waals surface area contributed by atoms with E-state index < -0.39 is 5.97 Å². The first-order chi connectivity index (χ1) is 12.0. The van der Waals surface area contributed by atoms with Gasteiger partial charge >= 0.3 is 5.97 Å². The molecule has 0 aliphatic carbocycles. The van der Waals surface area contributed by atoms with Crippen molar-refractivity contribution in [3.8, 4) is 0 Å². The monoisotopic (exact) mass is 376 g/mol. The zero-order valence-corrected chi connectivity index (χ0v) is 14.4. The van der Waals surface area contributed by atoms with E-state index in [-0.39, 0.29) is 12.4 Å². The maximum Gasteiger partial charge on any atom is 0.378 e. The summed E-state index contributed by atoms with van der Waals surface area (Å²) in [5, 5.41) is 4.99. The van der Waals surface area contributed by atoms with E-state index in [1.807, 2.05) is 6.92 Å². The summed E-state index contributed by atoms with van der Waals surface area (Å²) in [6, 6.07) is 3.36. The molecule has 0 aliphatic rings. The van der Waals surface area contributed by atoms with Crippen LogP contribution in [0.1, 0.15) is 22.0 Å². The Kier molecular flexibility index (Phi) is 3.78. The molecule has 4 aromatic rings. The van der Waals surface area contributed by atoms with Gasteiger partial charge in [-0.15, -0.1) is 5.10 Å². The highest BCUT2D eigenvalue weighted by Crippen LogP contribution is 2.22.